The van der Waals surface area contributed by atoms with Gasteiger partial charge in [-0.15, -0.1) is 5.10 Å². The standard InChI is InChI=1S/C26H31N7O4/c1-31-9-11-32(12-10-31)24(25-28-29-30-33(25)16-17-5-7-19(35-2)8-6-17)20-13-18-14-22(36-3)23(37-4)15-21(18)27-26(20)34/h5-8,13-15,24H,9-12,16H2,1-4H3,(H,27,34)/t24-/m1/s1. The van der Waals surface area contributed by atoms with Gasteiger partial charge in [-0.05, 0) is 47.3 Å². The summed E-state index contributed by atoms with van der Waals surface area (Å²) in [6.45, 7) is 3.78. The van der Waals surface area contributed by atoms with Crippen LogP contribution in [-0.2, 0) is 6.54 Å². The number of methoxy groups -OCH3 is 3. The zero-order valence-electron chi connectivity index (χ0n) is 21.5. The molecule has 4 aromatic rings. The molecule has 1 N–H and O–H groups in total. The SMILES string of the molecule is COc1ccc(Cn2nnnc2[C@@H](c2cc3cc(OC)c(OC)cc3[nH]c2=O)N2CCN(C)CC2)cc1. The molecule has 11 nitrogen and oxygen atoms in total. The van der Waals surface area contributed by atoms with Crippen LogP contribution in [0.2, 0.25) is 0 Å². The first-order chi connectivity index (χ1) is 18.0. The number of aromatic amines is 1. The Balaban J connectivity index is 1.60. The number of H-pyrrole nitrogens is 1. The molecular formula is C26H31N7O4. The Hall–Kier alpha value is -3.96. The van der Waals surface area contributed by atoms with Gasteiger partial charge >= 0.3 is 0 Å². The number of piperazine rings is 1. The third-order valence-electron chi connectivity index (χ3n) is 6.87. The van der Waals surface area contributed by atoms with Crippen LogP contribution in [0.5, 0.6) is 17.2 Å². The second kappa shape index (κ2) is 10.6. The van der Waals surface area contributed by atoms with E-state index in [0.717, 1.165) is 42.9 Å². The van der Waals surface area contributed by atoms with E-state index in [-0.39, 0.29) is 5.56 Å². The number of fused-ring (bicyclic) bond motifs is 1. The summed E-state index contributed by atoms with van der Waals surface area (Å²) in [5, 5.41) is 13.6. The highest BCUT2D eigenvalue weighted by Crippen LogP contribution is 2.33. The van der Waals surface area contributed by atoms with Crippen LogP contribution >= 0.6 is 0 Å². The van der Waals surface area contributed by atoms with Gasteiger partial charge in [-0.2, -0.15) is 0 Å². The third kappa shape index (κ3) is 5.00. The Morgan fingerprint density at radius 1 is 0.946 bits per heavy atom. The number of pyridine rings is 1. The first-order valence-corrected chi connectivity index (χ1v) is 12.1. The highest BCUT2D eigenvalue weighted by atomic mass is 16.5. The number of hydrogen-bond acceptors (Lipinski definition) is 9. The smallest absolute Gasteiger partial charge is 0.253 e. The maximum Gasteiger partial charge on any atom is 0.253 e. The molecule has 5 rings (SSSR count). The van der Waals surface area contributed by atoms with Gasteiger partial charge in [0.1, 0.15) is 11.8 Å². The average molecular weight is 506 g/mol. The van der Waals surface area contributed by atoms with E-state index in [0.29, 0.717) is 34.9 Å². The van der Waals surface area contributed by atoms with Crippen molar-refractivity contribution in [3.8, 4) is 17.2 Å². The Bertz CT molecular complexity index is 1430. The monoisotopic (exact) mass is 505 g/mol. The maximum absolute atomic E-state index is 13.5. The van der Waals surface area contributed by atoms with Crippen LogP contribution in [0.4, 0.5) is 0 Å². The molecule has 0 spiro atoms. The van der Waals surface area contributed by atoms with Gasteiger partial charge in [0, 0.05) is 43.2 Å². The van der Waals surface area contributed by atoms with Crippen LogP contribution in [0.3, 0.4) is 0 Å². The molecule has 2 aromatic heterocycles. The Labute approximate surface area is 214 Å². The van der Waals surface area contributed by atoms with Gasteiger partial charge in [0.2, 0.25) is 0 Å². The Morgan fingerprint density at radius 2 is 1.65 bits per heavy atom. The number of hydrogen-bond donors (Lipinski definition) is 1. The molecule has 0 aliphatic carbocycles. The molecule has 0 unspecified atom stereocenters. The number of nitrogens with one attached hydrogen (secondary N) is 1. The van der Waals surface area contributed by atoms with Crippen LogP contribution in [0.15, 0.2) is 47.3 Å². The quantitative estimate of drug-likeness (QED) is 0.384. The number of benzene rings is 2. The van der Waals surface area contributed by atoms with Crippen molar-refractivity contribution in [3.05, 3.63) is 69.8 Å². The van der Waals surface area contributed by atoms with E-state index in [2.05, 4.69) is 37.4 Å². The summed E-state index contributed by atoms with van der Waals surface area (Å²) in [4.78, 5) is 21.1. The molecule has 1 atom stereocenters. The first kappa shape index (κ1) is 24.7. The van der Waals surface area contributed by atoms with Gasteiger partial charge in [-0.3, -0.25) is 9.69 Å². The highest BCUT2D eigenvalue weighted by Gasteiger charge is 2.32. The van der Waals surface area contributed by atoms with E-state index in [4.69, 9.17) is 14.2 Å². The molecule has 2 aromatic carbocycles. The summed E-state index contributed by atoms with van der Waals surface area (Å²) in [6, 6.07) is 12.9. The zero-order valence-corrected chi connectivity index (χ0v) is 21.5. The molecule has 0 amide bonds. The molecule has 3 heterocycles. The largest absolute Gasteiger partial charge is 0.497 e. The lowest BCUT2D eigenvalue weighted by Crippen LogP contribution is -2.47. The van der Waals surface area contributed by atoms with Gasteiger partial charge in [-0.1, -0.05) is 12.1 Å². The summed E-state index contributed by atoms with van der Waals surface area (Å²) >= 11 is 0. The fourth-order valence-corrected chi connectivity index (χ4v) is 4.76. The second-order valence-corrected chi connectivity index (χ2v) is 9.13. The maximum atomic E-state index is 13.5. The van der Waals surface area contributed by atoms with Crippen molar-refractivity contribution in [1.82, 2.24) is 35.0 Å². The molecule has 1 aliphatic rings. The number of likely N-dealkylation sites (N-methyl/N-ethyl adjacent to an activating group) is 1. The van der Waals surface area contributed by atoms with Crippen LogP contribution in [0, 0.1) is 0 Å². The fraction of sp³-hybridized carbons (Fsp3) is 0.385. The number of nitrogens with zero attached hydrogens (tertiary/aromatic N) is 6. The molecule has 1 saturated heterocycles. The minimum absolute atomic E-state index is 0.192. The predicted molar refractivity (Wildman–Crippen MR) is 138 cm³/mol. The van der Waals surface area contributed by atoms with Crippen molar-refractivity contribution in [2.45, 2.75) is 12.6 Å². The Morgan fingerprint density at radius 3 is 2.32 bits per heavy atom. The second-order valence-electron chi connectivity index (χ2n) is 9.13. The summed E-state index contributed by atoms with van der Waals surface area (Å²) < 4.78 is 18.0. The van der Waals surface area contributed by atoms with Crippen molar-refractivity contribution in [3.63, 3.8) is 0 Å². The molecule has 0 saturated carbocycles. The predicted octanol–water partition coefficient (Wildman–Crippen LogP) is 1.93. The van der Waals surface area contributed by atoms with E-state index in [9.17, 15) is 4.79 Å². The van der Waals surface area contributed by atoms with Crippen molar-refractivity contribution in [2.24, 2.45) is 0 Å². The van der Waals surface area contributed by atoms with Crippen molar-refractivity contribution in [2.75, 3.05) is 54.6 Å². The molecule has 37 heavy (non-hydrogen) atoms. The number of ether oxygens (including phenoxy) is 3. The normalized spacial score (nSPS) is 15.6. The van der Waals surface area contributed by atoms with Crippen molar-refractivity contribution < 1.29 is 14.2 Å². The van der Waals surface area contributed by atoms with Crippen molar-refractivity contribution in [1.29, 1.82) is 0 Å². The number of aromatic nitrogens is 5. The fourth-order valence-electron chi connectivity index (χ4n) is 4.76. The van der Waals surface area contributed by atoms with Crippen LogP contribution in [-0.4, -0.2) is 89.5 Å². The molecule has 194 valence electrons. The van der Waals surface area contributed by atoms with Gasteiger partial charge in [0.15, 0.2) is 17.3 Å². The van der Waals surface area contributed by atoms with E-state index < -0.39 is 6.04 Å². The molecule has 0 radical (unpaired) electrons. The van der Waals surface area contributed by atoms with E-state index in [1.807, 2.05) is 36.4 Å². The zero-order chi connectivity index (χ0) is 25.9. The summed E-state index contributed by atoms with van der Waals surface area (Å²) in [5.41, 5.74) is 2.08. The minimum atomic E-state index is -0.428. The average Bonchev–Trinajstić information content (AvgIpc) is 3.37. The first-order valence-electron chi connectivity index (χ1n) is 12.1. The van der Waals surface area contributed by atoms with E-state index >= 15 is 0 Å². The topological polar surface area (TPSA) is 111 Å². The minimum Gasteiger partial charge on any atom is -0.497 e. The lowest BCUT2D eigenvalue weighted by atomic mass is 10.0. The van der Waals surface area contributed by atoms with Crippen molar-refractivity contribution >= 4 is 10.9 Å². The Kier molecular flexibility index (Phi) is 7.06. The molecule has 1 fully saturated rings. The molecule has 0 bridgehead atoms. The molecule has 1 aliphatic heterocycles. The summed E-state index contributed by atoms with van der Waals surface area (Å²) in [5.74, 6) is 2.54. The summed E-state index contributed by atoms with van der Waals surface area (Å²) in [6.07, 6.45) is 0. The molecular weight excluding hydrogens is 474 g/mol. The lowest BCUT2D eigenvalue weighted by Gasteiger charge is -2.37. The van der Waals surface area contributed by atoms with Crippen LogP contribution in [0.1, 0.15) is 23.0 Å². The lowest BCUT2D eigenvalue weighted by molar-refractivity contribution is 0.121. The number of tetrazole rings is 1. The van der Waals surface area contributed by atoms with Gasteiger partial charge < -0.3 is 24.1 Å². The number of rotatable bonds is 8. The highest BCUT2D eigenvalue weighted by molar-refractivity contribution is 5.83. The van der Waals surface area contributed by atoms with Crippen LogP contribution < -0.4 is 19.8 Å². The molecule has 11 heteroatoms. The van der Waals surface area contributed by atoms with E-state index in [1.54, 1.807) is 32.1 Å². The third-order valence-corrected chi connectivity index (χ3v) is 6.87. The van der Waals surface area contributed by atoms with Gasteiger partial charge in [0.05, 0.1) is 33.4 Å². The van der Waals surface area contributed by atoms with Gasteiger partial charge in [-0.25, -0.2) is 4.68 Å². The summed E-state index contributed by atoms with van der Waals surface area (Å²) in [7, 11) is 6.91. The van der Waals surface area contributed by atoms with Crippen LogP contribution in [0.25, 0.3) is 10.9 Å². The van der Waals surface area contributed by atoms with Gasteiger partial charge in [0.25, 0.3) is 5.56 Å². The van der Waals surface area contributed by atoms with E-state index in [1.165, 1.54) is 0 Å².